The van der Waals surface area contributed by atoms with E-state index in [1.165, 1.54) is 24.3 Å². The van der Waals surface area contributed by atoms with Crippen molar-refractivity contribution in [3.63, 3.8) is 0 Å². The number of nitrogens with zero attached hydrogens (tertiary/aromatic N) is 4. The number of carbonyl (C=O) groups excluding carboxylic acids is 1. The molecule has 0 fully saturated rings. The highest BCUT2D eigenvalue weighted by molar-refractivity contribution is 5.94. The van der Waals surface area contributed by atoms with Crippen molar-refractivity contribution in [3.8, 4) is 28.7 Å². The Morgan fingerprint density at radius 3 is 2.61 bits per heavy atom. The van der Waals surface area contributed by atoms with Crippen LogP contribution in [0.25, 0.3) is 23.0 Å². The fourth-order valence-corrected chi connectivity index (χ4v) is 3.30. The molecule has 3 N–H and O–H groups in total. The summed E-state index contributed by atoms with van der Waals surface area (Å²) in [6.07, 6.45) is -4.77. The van der Waals surface area contributed by atoms with Gasteiger partial charge < -0.3 is 20.3 Å². The number of ether oxygens (including phenoxy) is 1. The van der Waals surface area contributed by atoms with E-state index in [0.717, 1.165) is 11.3 Å². The van der Waals surface area contributed by atoms with E-state index in [0.29, 0.717) is 36.5 Å². The average Bonchev–Trinajstić information content (AvgIpc) is 3.44. The maximum absolute atomic E-state index is 12.3. The molecular weight excluding hydrogens is 501 g/mol. The Morgan fingerprint density at radius 1 is 1.17 bits per heavy atom. The van der Waals surface area contributed by atoms with E-state index in [4.69, 9.17) is 10.3 Å². The molecule has 0 bridgehead atoms. The number of halogens is 4. The quantitative estimate of drug-likeness (QED) is 0.359. The number of aryl methyl sites for hydroxylation is 1. The highest BCUT2D eigenvalue weighted by Crippen LogP contribution is 2.27. The molecule has 0 aliphatic rings. The molecular formula is C23H22ClF3N6O3. The number of aromatic nitrogens is 4. The van der Waals surface area contributed by atoms with Crippen molar-refractivity contribution in [3.05, 3.63) is 71.4 Å². The smallest absolute Gasteiger partial charge is 0.406 e. The fraction of sp³-hybridized carbons (Fsp3) is 0.217. The van der Waals surface area contributed by atoms with Crippen molar-refractivity contribution in [1.82, 2.24) is 25.2 Å². The molecule has 2 heterocycles. The molecule has 0 saturated heterocycles. The molecule has 0 atom stereocenters. The number of rotatable bonds is 8. The normalized spacial score (nSPS) is 11.1. The molecule has 1 amide bonds. The number of alkyl halides is 3. The Hall–Kier alpha value is -3.90. The SMILES string of the molecule is Cc1cc(-c2nc(-c3ccc(OC(F)(F)F)cc3)no2)nn1Cc1cccc(C(=O)NCCN)c1.Cl. The van der Waals surface area contributed by atoms with Gasteiger partial charge in [0.1, 0.15) is 5.75 Å². The van der Waals surface area contributed by atoms with Crippen molar-refractivity contribution in [1.29, 1.82) is 0 Å². The van der Waals surface area contributed by atoms with Gasteiger partial charge in [-0.25, -0.2) is 0 Å². The summed E-state index contributed by atoms with van der Waals surface area (Å²) in [5.41, 5.74) is 8.54. The van der Waals surface area contributed by atoms with Crippen molar-refractivity contribution in [2.45, 2.75) is 19.8 Å². The molecule has 2 aromatic carbocycles. The molecule has 0 aliphatic heterocycles. The zero-order valence-corrected chi connectivity index (χ0v) is 19.8. The molecule has 0 saturated carbocycles. The number of hydrogen-bond donors (Lipinski definition) is 2. The predicted molar refractivity (Wildman–Crippen MR) is 127 cm³/mol. The largest absolute Gasteiger partial charge is 0.573 e. The van der Waals surface area contributed by atoms with Crippen LogP contribution in [0.15, 0.2) is 59.1 Å². The highest BCUT2D eigenvalue weighted by Gasteiger charge is 2.31. The summed E-state index contributed by atoms with van der Waals surface area (Å²) in [5.74, 6) is -0.193. The van der Waals surface area contributed by atoms with E-state index in [-0.39, 0.29) is 35.8 Å². The summed E-state index contributed by atoms with van der Waals surface area (Å²) in [4.78, 5) is 16.5. The van der Waals surface area contributed by atoms with Crippen LogP contribution in [0.5, 0.6) is 5.75 Å². The zero-order valence-electron chi connectivity index (χ0n) is 19.0. The molecule has 9 nitrogen and oxygen atoms in total. The highest BCUT2D eigenvalue weighted by atomic mass is 35.5. The topological polar surface area (TPSA) is 121 Å². The lowest BCUT2D eigenvalue weighted by atomic mass is 10.1. The number of amides is 1. The molecule has 0 unspecified atom stereocenters. The van der Waals surface area contributed by atoms with Gasteiger partial charge in [-0.05, 0) is 55.0 Å². The first-order chi connectivity index (χ1) is 16.7. The third-order valence-electron chi connectivity index (χ3n) is 4.92. The summed E-state index contributed by atoms with van der Waals surface area (Å²) in [6, 6.07) is 14.1. The number of hydrogen-bond acceptors (Lipinski definition) is 7. The summed E-state index contributed by atoms with van der Waals surface area (Å²) in [5, 5.41) is 11.1. The fourth-order valence-electron chi connectivity index (χ4n) is 3.30. The molecule has 190 valence electrons. The third kappa shape index (κ3) is 6.61. The van der Waals surface area contributed by atoms with Crippen molar-refractivity contribution in [2.75, 3.05) is 13.1 Å². The number of nitrogens with two attached hydrogens (primary N) is 1. The first kappa shape index (κ1) is 26.7. The lowest BCUT2D eigenvalue weighted by Gasteiger charge is -2.08. The van der Waals surface area contributed by atoms with E-state index in [9.17, 15) is 18.0 Å². The maximum Gasteiger partial charge on any atom is 0.573 e. The van der Waals surface area contributed by atoms with Crippen LogP contribution in [0.2, 0.25) is 0 Å². The first-order valence-corrected chi connectivity index (χ1v) is 10.5. The minimum absolute atomic E-state index is 0. The lowest BCUT2D eigenvalue weighted by Crippen LogP contribution is -2.29. The van der Waals surface area contributed by atoms with Gasteiger partial charge in [0.2, 0.25) is 5.82 Å². The van der Waals surface area contributed by atoms with Gasteiger partial charge in [0.05, 0.1) is 6.54 Å². The Labute approximate surface area is 209 Å². The van der Waals surface area contributed by atoms with Gasteiger partial charge in [0, 0.05) is 29.9 Å². The Bertz CT molecular complexity index is 1320. The summed E-state index contributed by atoms with van der Waals surface area (Å²) in [6.45, 7) is 3.02. The zero-order chi connectivity index (χ0) is 25.0. The molecule has 13 heteroatoms. The van der Waals surface area contributed by atoms with Gasteiger partial charge in [0.15, 0.2) is 5.69 Å². The molecule has 2 aromatic heterocycles. The maximum atomic E-state index is 12.3. The number of nitrogens with one attached hydrogen (secondary N) is 1. The van der Waals surface area contributed by atoms with Crippen LogP contribution in [0, 0.1) is 6.92 Å². The minimum atomic E-state index is -4.77. The van der Waals surface area contributed by atoms with Crippen LogP contribution in [-0.4, -0.2) is 45.3 Å². The second-order valence-corrected chi connectivity index (χ2v) is 7.57. The molecule has 0 aliphatic carbocycles. The molecule has 4 rings (SSSR count). The second kappa shape index (κ2) is 11.2. The Kier molecular flexibility index (Phi) is 8.33. The summed E-state index contributed by atoms with van der Waals surface area (Å²) < 4.78 is 47.9. The third-order valence-corrected chi connectivity index (χ3v) is 4.92. The molecule has 0 radical (unpaired) electrons. The minimum Gasteiger partial charge on any atom is -0.406 e. The number of benzene rings is 2. The molecule has 36 heavy (non-hydrogen) atoms. The van der Waals surface area contributed by atoms with E-state index in [1.54, 1.807) is 28.9 Å². The standard InChI is InChI=1S/C23H21F3N6O3.ClH/c1-14-11-19(30-32(14)13-15-3-2-4-17(12-15)21(33)28-10-9-27)22-29-20(31-35-22)16-5-7-18(8-6-16)34-23(24,25)26;/h2-8,11-12H,9-10,13,27H2,1H3,(H,28,33);1H. The van der Waals surface area contributed by atoms with Gasteiger partial charge in [-0.15, -0.1) is 25.6 Å². The monoisotopic (exact) mass is 522 g/mol. The van der Waals surface area contributed by atoms with E-state index >= 15 is 0 Å². The molecule has 4 aromatic rings. The summed E-state index contributed by atoms with van der Waals surface area (Å²) >= 11 is 0. The predicted octanol–water partition coefficient (Wildman–Crippen LogP) is 3.97. The van der Waals surface area contributed by atoms with Gasteiger partial charge >= 0.3 is 6.36 Å². The van der Waals surface area contributed by atoms with Crippen LogP contribution in [0.1, 0.15) is 21.6 Å². The molecule has 0 spiro atoms. The average molecular weight is 523 g/mol. The van der Waals surface area contributed by atoms with Gasteiger partial charge in [-0.1, -0.05) is 17.3 Å². The van der Waals surface area contributed by atoms with Gasteiger partial charge in [0.25, 0.3) is 11.8 Å². The van der Waals surface area contributed by atoms with E-state index < -0.39 is 6.36 Å². The van der Waals surface area contributed by atoms with Crippen LogP contribution >= 0.6 is 12.4 Å². The number of carbonyl (C=O) groups is 1. The van der Waals surface area contributed by atoms with E-state index in [1.807, 2.05) is 13.0 Å². The lowest BCUT2D eigenvalue weighted by molar-refractivity contribution is -0.274. The van der Waals surface area contributed by atoms with Gasteiger partial charge in [-0.2, -0.15) is 10.1 Å². The van der Waals surface area contributed by atoms with Crippen molar-refractivity contribution < 1.29 is 27.2 Å². The van der Waals surface area contributed by atoms with Crippen LogP contribution in [0.4, 0.5) is 13.2 Å². The Morgan fingerprint density at radius 2 is 1.92 bits per heavy atom. The van der Waals surface area contributed by atoms with Crippen molar-refractivity contribution >= 4 is 18.3 Å². The second-order valence-electron chi connectivity index (χ2n) is 7.57. The van der Waals surface area contributed by atoms with Crippen molar-refractivity contribution in [2.24, 2.45) is 5.73 Å². The van der Waals surface area contributed by atoms with Crippen LogP contribution < -0.4 is 15.8 Å². The van der Waals surface area contributed by atoms with E-state index in [2.05, 4.69) is 25.3 Å². The Balaban J connectivity index is 0.00000361. The van der Waals surface area contributed by atoms with Crippen LogP contribution in [-0.2, 0) is 6.54 Å². The van der Waals surface area contributed by atoms with Gasteiger partial charge in [-0.3, -0.25) is 9.48 Å². The van der Waals surface area contributed by atoms with Crippen LogP contribution in [0.3, 0.4) is 0 Å². The first-order valence-electron chi connectivity index (χ1n) is 10.5. The summed E-state index contributed by atoms with van der Waals surface area (Å²) in [7, 11) is 0.